The molecule has 0 spiro atoms. The average Bonchev–Trinajstić information content (AvgIpc) is 2.82. The Kier molecular flexibility index (Phi) is 1.42. The molecule has 0 aromatic rings. The van der Waals surface area contributed by atoms with Crippen molar-refractivity contribution in [3.8, 4) is 0 Å². The molecule has 0 bridgehead atoms. The molecule has 4 nitrogen and oxygen atoms in total. The van der Waals surface area contributed by atoms with Crippen molar-refractivity contribution in [3.05, 3.63) is 0 Å². The predicted molar refractivity (Wildman–Crippen MR) is 42.8 cm³/mol. The fourth-order valence-electron chi connectivity index (χ4n) is 1.50. The number of Topliss-reactive ketones (excluding diaryl/α,β-unsaturated/α-hetero) is 1. The van der Waals surface area contributed by atoms with Crippen molar-refractivity contribution in [2.24, 2.45) is 11.1 Å². The summed E-state index contributed by atoms with van der Waals surface area (Å²) in [5, 5.41) is 4.99. The first-order valence-corrected chi connectivity index (χ1v) is 5.59. The Labute approximate surface area is 71.2 Å². The Morgan fingerprint density at radius 2 is 1.83 bits per heavy atom. The van der Waals surface area contributed by atoms with Gasteiger partial charge in [-0.1, -0.05) is 0 Å². The van der Waals surface area contributed by atoms with E-state index < -0.39 is 14.8 Å². The van der Waals surface area contributed by atoms with Crippen LogP contribution in [0.2, 0.25) is 0 Å². The summed E-state index contributed by atoms with van der Waals surface area (Å²) in [5.41, 5.74) is 0. The third kappa shape index (κ3) is 0.998. The monoisotopic (exact) mass is 189 g/mol. The van der Waals surface area contributed by atoms with Crippen LogP contribution in [0.5, 0.6) is 0 Å². The first-order valence-electron chi connectivity index (χ1n) is 4.04. The Hall–Kier alpha value is -0.420. The van der Waals surface area contributed by atoms with Gasteiger partial charge in [-0.3, -0.25) is 4.79 Å². The molecule has 0 atom stereocenters. The Bertz CT molecular complexity index is 325. The number of nitrogens with two attached hydrogens (primary N) is 1. The van der Waals surface area contributed by atoms with Crippen molar-refractivity contribution in [2.45, 2.75) is 30.4 Å². The molecule has 2 fully saturated rings. The molecule has 0 radical (unpaired) electrons. The second-order valence-electron chi connectivity index (χ2n) is 3.68. The van der Waals surface area contributed by atoms with Crippen LogP contribution in [-0.4, -0.2) is 18.9 Å². The topological polar surface area (TPSA) is 77.2 Å². The lowest BCUT2D eigenvalue weighted by atomic mass is 10.2. The molecule has 68 valence electrons. The number of carbonyl (C=O) groups is 1. The Morgan fingerprint density at radius 3 is 2.08 bits per heavy atom. The molecule has 5 heteroatoms. The number of primary sulfonamides is 1. The lowest BCUT2D eigenvalue weighted by Crippen LogP contribution is -2.38. The minimum absolute atomic E-state index is 0.00850. The van der Waals surface area contributed by atoms with E-state index in [4.69, 9.17) is 5.14 Å². The maximum atomic E-state index is 11.5. The molecular weight excluding hydrogens is 178 g/mol. The number of hydrogen-bond donors (Lipinski definition) is 1. The van der Waals surface area contributed by atoms with Gasteiger partial charge in [0.1, 0.15) is 4.75 Å². The zero-order valence-corrected chi connectivity index (χ0v) is 7.43. The van der Waals surface area contributed by atoms with Crippen molar-refractivity contribution < 1.29 is 13.2 Å². The van der Waals surface area contributed by atoms with Gasteiger partial charge in [-0.15, -0.1) is 0 Å². The van der Waals surface area contributed by atoms with Crippen molar-refractivity contribution >= 4 is 15.8 Å². The van der Waals surface area contributed by atoms with Crippen LogP contribution < -0.4 is 5.14 Å². The lowest BCUT2D eigenvalue weighted by Gasteiger charge is -2.09. The SMILES string of the molecule is NS(=O)(=O)C1(C(=O)C2CC2)CC1. The molecule has 0 saturated heterocycles. The summed E-state index contributed by atoms with van der Waals surface area (Å²) in [5.74, 6) is -0.143. The zero-order valence-electron chi connectivity index (χ0n) is 6.62. The van der Waals surface area contributed by atoms with Crippen molar-refractivity contribution in [1.29, 1.82) is 0 Å². The van der Waals surface area contributed by atoms with Crippen LogP contribution in [0.1, 0.15) is 25.7 Å². The van der Waals surface area contributed by atoms with Gasteiger partial charge in [-0.2, -0.15) is 0 Å². The maximum Gasteiger partial charge on any atom is 0.222 e. The average molecular weight is 189 g/mol. The summed E-state index contributed by atoms with van der Waals surface area (Å²) in [6.45, 7) is 0. The summed E-state index contributed by atoms with van der Waals surface area (Å²) < 4.78 is 20.9. The molecule has 0 aromatic carbocycles. The molecule has 12 heavy (non-hydrogen) atoms. The van der Waals surface area contributed by atoms with Crippen LogP contribution in [0.4, 0.5) is 0 Å². The van der Waals surface area contributed by atoms with E-state index in [-0.39, 0.29) is 11.7 Å². The zero-order chi connectivity index (χ0) is 8.98. The second kappa shape index (κ2) is 2.09. The third-order valence-corrected chi connectivity index (χ3v) is 4.34. The highest BCUT2D eigenvalue weighted by atomic mass is 32.2. The molecular formula is C7H11NO3S. The van der Waals surface area contributed by atoms with E-state index >= 15 is 0 Å². The molecule has 0 amide bonds. The summed E-state index contributed by atoms with van der Waals surface area (Å²) in [4.78, 5) is 11.5. The highest BCUT2D eigenvalue weighted by Gasteiger charge is 2.61. The number of sulfonamides is 1. The largest absolute Gasteiger partial charge is 0.298 e. The number of ketones is 1. The minimum atomic E-state index is -3.65. The molecule has 2 rings (SSSR count). The molecule has 0 aromatic heterocycles. The lowest BCUT2D eigenvalue weighted by molar-refractivity contribution is -0.120. The van der Waals surface area contributed by atoms with E-state index in [2.05, 4.69) is 0 Å². The smallest absolute Gasteiger partial charge is 0.222 e. The van der Waals surface area contributed by atoms with E-state index in [0.717, 1.165) is 12.8 Å². The number of carbonyl (C=O) groups excluding carboxylic acids is 1. The van der Waals surface area contributed by atoms with Crippen molar-refractivity contribution in [3.63, 3.8) is 0 Å². The number of hydrogen-bond acceptors (Lipinski definition) is 3. The van der Waals surface area contributed by atoms with Gasteiger partial charge in [-0.25, -0.2) is 13.6 Å². The Balaban J connectivity index is 2.27. The van der Waals surface area contributed by atoms with Gasteiger partial charge < -0.3 is 0 Å². The van der Waals surface area contributed by atoms with Crippen LogP contribution >= 0.6 is 0 Å². The summed E-state index contributed by atoms with van der Waals surface area (Å²) in [6, 6.07) is 0. The van der Waals surface area contributed by atoms with Crippen LogP contribution in [0.15, 0.2) is 0 Å². The molecule has 2 N–H and O–H groups in total. The highest BCUT2D eigenvalue weighted by Crippen LogP contribution is 2.49. The van der Waals surface area contributed by atoms with E-state index in [1.165, 1.54) is 0 Å². The van der Waals surface area contributed by atoms with Gasteiger partial charge in [0.15, 0.2) is 5.78 Å². The van der Waals surface area contributed by atoms with E-state index in [1.807, 2.05) is 0 Å². The van der Waals surface area contributed by atoms with Crippen LogP contribution in [0, 0.1) is 5.92 Å². The van der Waals surface area contributed by atoms with E-state index in [9.17, 15) is 13.2 Å². The summed E-state index contributed by atoms with van der Waals surface area (Å²) >= 11 is 0. The van der Waals surface area contributed by atoms with Gasteiger partial charge >= 0.3 is 0 Å². The van der Waals surface area contributed by atoms with Gasteiger partial charge in [0.2, 0.25) is 10.0 Å². The Morgan fingerprint density at radius 1 is 1.33 bits per heavy atom. The number of rotatable bonds is 3. The van der Waals surface area contributed by atoms with Crippen LogP contribution in [-0.2, 0) is 14.8 Å². The maximum absolute atomic E-state index is 11.5. The van der Waals surface area contributed by atoms with Crippen molar-refractivity contribution in [1.82, 2.24) is 0 Å². The van der Waals surface area contributed by atoms with Crippen molar-refractivity contribution in [2.75, 3.05) is 0 Å². The molecule has 0 heterocycles. The molecule has 0 aliphatic heterocycles. The standard InChI is InChI=1S/C7H11NO3S/c8-12(10,11)7(3-4-7)6(9)5-1-2-5/h5H,1-4H2,(H2,8,10,11). The molecule has 2 aliphatic carbocycles. The third-order valence-electron chi connectivity index (χ3n) is 2.65. The summed E-state index contributed by atoms with van der Waals surface area (Å²) in [6.07, 6.45) is 2.55. The fourth-order valence-corrected chi connectivity index (χ4v) is 2.62. The molecule has 2 saturated carbocycles. The first kappa shape index (κ1) is 8.19. The van der Waals surface area contributed by atoms with E-state index in [1.54, 1.807) is 0 Å². The van der Waals surface area contributed by atoms with Crippen LogP contribution in [0.3, 0.4) is 0 Å². The first-order chi connectivity index (χ1) is 5.47. The molecule has 2 aliphatic rings. The minimum Gasteiger partial charge on any atom is -0.298 e. The predicted octanol–water partition coefficient (Wildman–Crippen LogP) is -0.213. The van der Waals surface area contributed by atoms with Gasteiger partial charge in [0.25, 0.3) is 0 Å². The highest BCUT2D eigenvalue weighted by molar-refractivity contribution is 7.91. The molecule has 0 unspecified atom stereocenters. The summed E-state index contributed by atoms with van der Waals surface area (Å²) in [7, 11) is -3.65. The normalized spacial score (nSPS) is 26.8. The quantitative estimate of drug-likeness (QED) is 0.667. The van der Waals surface area contributed by atoms with Gasteiger partial charge in [0, 0.05) is 5.92 Å². The van der Waals surface area contributed by atoms with Crippen LogP contribution in [0.25, 0.3) is 0 Å². The second-order valence-corrected chi connectivity index (χ2v) is 5.55. The van der Waals surface area contributed by atoms with E-state index in [0.29, 0.717) is 12.8 Å². The fraction of sp³-hybridized carbons (Fsp3) is 0.857. The van der Waals surface area contributed by atoms with Gasteiger partial charge in [0.05, 0.1) is 0 Å². The van der Waals surface area contributed by atoms with Gasteiger partial charge in [-0.05, 0) is 25.7 Å².